The lowest BCUT2D eigenvalue weighted by atomic mass is 10.2. The zero-order chi connectivity index (χ0) is 12.7. The summed E-state index contributed by atoms with van der Waals surface area (Å²) in [5, 5.41) is 8.62. The molecule has 0 saturated carbocycles. The predicted molar refractivity (Wildman–Crippen MR) is 56.6 cm³/mol. The molecule has 0 aliphatic rings. The molecule has 16 heavy (non-hydrogen) atoms. The molecule has 0 amide bonds. The van der Waals surface area contributed by atoms with E-state index in [9.17, 15) is 16.8 Å². The number of phenols is 1. The van der Waals surface area contributed by atoms with Crippen molar-refractivity contribution in [1.82, 2.24) is 0 Å². The molecule has 0 fully saturated rings. The molecule has 0 atom stereocenters. The minimum atomic E-state index is -5.31. The van der Waals surface area contributed by atoms with Crippen molar-refractivity contribution < 1.29 is 26.5 Å². The van der Waals surface area contributed by atoms with E-state index in [1.807, 2.05) is 0 Å². The lowest BCUT2D eigenvalue weighted by Crippen LogP contribution is -2.16. The minimum Gasteiger partial charge on any atom is -0.508 e. The maximum atomic E-state index is 11.4. The third-order valence-electron chi connectivity index (χ3n) is 1.74. The van der Waals surface area contributed by atoms with E-state index in [4.69, 9.17) is 21.3 Å². The summed E-state index contributed by atoms with van der Waals surface area (Å²) in [5.41, 5.74) is -0.0809. The molecule has 0 aliphatic heterocycles. The monoisotopic (exact) mass is 286 g/mol. The summed E-state index contributed by atoms with van der Waals surface area (Å²) in [7, 11) is -10.3. The summed E-state index contributed by atoms with van der Waals surface area (Å²) in [6, 6.07) is 1.89. The van der Waals surface area contributed by atoms with E-state index in [1.54, 1.807) is 0 Å². The van der Waals surface area contributed by atoms with Gasteiger partial charge in [0, 0.05) is 0 Å². The maximum absolute atomic E-state index is 11.4. The van der Waals surface area contributed by atoms with Crippen LogP contribution >= 0.6 is 11.6 Å². The zero-order valence-corrected chi connectivity index (χ0v) is 10.3. The van der Waals surface area contributed by atoms with Crippen LogP contribution < -0.4 is 0 Å². The average Bonchev–Trinajstić information content (AvgIpc) is 1.97. The highest BCUT2D eigenvalue weighted by molar-refractivity contribution is 8.65. The van der Waals surface area contributed by atoms with Crippen LogP contribution in [0.25, 0.3) is 0 Å². The summed E-state index contributed by atoms with van der Waals surface area (Å²) >= 11 is 5.51. The number of hydrogen-bond donors (Lipinski definition) is 2. The summed E-state index contributed by atoms with van der Waals surface area (Å²) in [5.74, 6) is -0.309. The lowest BCUT2D eigenvalue weighted by molar-refractivity contribution is 0.474. The number of halogens is 1. The first-order chi connectivity index (χ1) is 7.07. The number of benzene rings is 1. The molecule has 1 rings (SSSR count). The van der Waals surface area contributed by atoms with Crippen molar-refractivity contribution in [2.24, 2.45) is 0 Å². The number of aromatic hydroxyl groups is 1. The van der Waals surface area contributed by atoms with Gasteiger partial charge in [-0.25, -0.2) is 8.42 Å². The Balaban J connectivity index is 3.73. The molecule has 0 aliphatic carbocycles. The van der Waals surface area contributed by atoms with Gasteiger partial charge in [-0.3, -0.25) is 4.55 Å². The van der Waals surface area contributed by atoms with Gasteiger partial charge in [-0.1, -0.05) is 11.6 Å². The largest absolute Gasteiger partial charge is 0.508 e. The Morgan fingerprint density at radius 3 is 2.06 bits per heavy atom. The molecule has 0 radical (unpaired) electrons. The first kappa shape index (κ1) is 13.2. The second-order valence-corrected chi connectivity index (χ2v) is 8.11. The average molecular weight is 287 g/mol. The highest BCUT2D eigenvalue weighted by Gasteiger charge is 2.33. The molecule has 2 N–H and O–H groups in total. The SMILES string of the molecule is Cc1cc(O)cc(Cl)c1S(=O)(=O)S(=O)(=O)O. The molecule has 90 valence electrons. The van der Waals surface area contributed by atoms with Gasteiger partial charge in [0.15, 0.2) is 0 Å². The van der Waals surface area contributed by atoms with Crippen LogP contribution in [0.5, 0.6) is 5.75 Å². The van der Waals surface area contributed by atoms with E-state index in [0.29, 0.717) is 0 Å². The molecule has 0 spiro atoms. The van der Waals surface area contributed by atoms with Crippen molar-refractivity contribution in [3.05, 3.63) is 22.7 Å². The molecule has 0 unspecified atom stereocenters. The van der Waals surface area contributed by atoms with Crippen molar-refractivity contribution >= 4 is 29.6 Å². The van der Waals surface area contributed by atoms with Crippen molar-refractivity contribution in [3.63, 3.8) is 0 Å². The molecule has 0 aromatic heterocycles. The number of hydrogen-bond acceptors (Lipinski definition) is 5. The van der Waals surface area contributed by atoms with Crippen LogP contribution in [0.2, 0.25) is 5.02 Å². The predicted octanol–water partition coefficient (Wildman–Crippen LogP) is 0.931. The lowest BCUT2D eigenvalue weighted by Gasteiger charge is -2.07. The molecule has 0 heterocycles. The Morgan fingerprint density at radius 2 is 1.69 bits per heavy atom. The van der Waals surface area contributed by atoms with Gasteiger partial charge in [-0.15, -0.1) is 0 Å². The third-order valence-corrected chi connectivity index (χ3v) is 5.91. The fourth-order valence-electron chi connectivity index (χ4n) is 1.13. The molecule has 6 nitrogen and oxygen atoms in total. The zero-order valence-electron chi connectivity index (χ0n) is 7.88. The highest BCUT2D eigenvalue weighted by Crippen LogP contribution is 2.31. The standard InChI is InChI=1S/C7H7ClO6S2/c1-4-2-5(9)3-6(8)7(4)15(10,11)16(12,13)14/h2-3,9H,1H3,(H,12,13,14). The third kappa shape index (κ3) is 2.14. The van der Waals surface area contributed by atoms with Crippen molar-refractivity contribution in [1.29, 1.82) is 0 Å². The van der Waals surface area contributed by atoms with Crippen LogP contribution in [0.4, 0.5) is 0 Å². The Morgan fingerprint density at radius 1 is 1.19 bits per heavy atom. The molecule has 0 saturated heterocycles. The highest BCUT2D eigenvalue weighted by atomic mass is 35.5. The number of rotatable bonds is 2. The van der Waals surface area contributed by atoms with E-state index >= 15 is 0 Å². The van der Waals surface area contributed by atoms with Gasteiger partial charge >= 0.3 is 18.0 Å². The topological polar surface area (TPSA) is 109 Å². The van der Waals surface area contributed by atoms with Gasteiger partial charge in [0.2, 0.25) is 0 Å². The molecule has 1 aromatic rings. The Bertz CT molecular complexity index is 608. The van der Waals surface area contributed by atoms with Crippen LogP contribution in [0, 0.1) is 6.92 Å². The molecular weight excluding hydrogens is 280 g/mol. The maximum Gasteiger partial charge on any atom is 0.377 e. The Hall–Kier alpha value is -0.830. The van der Waals surface area contributed by atoms with Crippen LogP contribution in [-0.4, -0.2) is 26.5 Å². The number of phenolic OH excluding ortho intramolecular Hbond substituents is 1. The fraction of sp³-hybridized carbons (Fsp3) is 0.143. The van der Waals surface area contributed by atoms with Gasteiger partial charge in [0.05, 0.1) is 5.02 Å². The van der Waals surface area contributed by atoms with E-state index in [0.717, 1.165) is 12.1 Å². The first-order valence-electron chi connectivity index (χ1n) is 3.79. The van der Waals surface area contributed by atoms with Gasteiger partial charge in [-0.05, 0) is 24.6 Å². The van der Waals surface area contributed by atoms with Gasteiger partial charge in [0.25, 0.3) is 0 Å². The Kier molecular flexibility index (Phi) is 3.21. The Labute approximate surface area is 96.5 Å². The summed E-state index contributed by atoms with van der Waals surface area (Å²) in [6.07, 6.45) is 0. The van der Waals surface area contributed by atoms with E-state index in [-0.39, 0.29) is 11.3 Å². The van der Waals surface area contributed by atoms with E-state index < -0.39 is 27.9 Å². The summed E-state index contributed by atoms with van der Waals surface area (Å²) < 4.78 is 52.8. The molecule has 0 bridgehead atoms. The van der Waals surface area contributed by atoms with Crippen molar-refractivity contribution in [3.8, 4) is 5.75 Å². The van der Waals surface area contributed by atoms with Crippen LogP contribution in [-0.2, 0) is 18.0 Å². The van der Waals surface area contributed by atoms with Gasteiger partial charge in [-0.2, -0.15) is 8.42 Å². The fourth-order valence-corrected chi connectivity index (χ4v) is 4.09. The molecular formula is C7H7ClO6S2. The van der Waals surface area contributed by atoms with Crippen LogP contribution in [0.15, 0.2) is 17.0 Å². The van der Waals surface area contributed by atoms with Crippen molar-refractivity contribution in [2.45, 2.75) is 11.8 Å². The normalized spacial score (nSPS) is 12.7. The summed E-state index contributed by atoms with van der Waals surface area (Å²) in [6.45, 7) is 1.24. The van der Waals surface area contributed by atoms with E-state index in [2.05, 4.69) is 0 Å². The van der Waals surface area contributed by atoms with Crippen molar-refractivity contribution in [2.75, 3.05) is 0 Å². The molecule has 1 aromatic carbocycles. The van der Waals surface area contributed by atoms with Gasteiger partial charge < -0.3 is 5.11 Å². The molecule has 9 heteroatoms. The van der Waals surface area contributed by atoms with Crippen LogP contribution in [0.1, 0.15) is 5.56 Å². The van der Waals surface area contributed by atoms with Crippen LogP contribution in [0.3, 0.4) is 0 Å². The second kappa shape index (κ2) is 3.88. The smallest absolute Gasteiger partial charge is 0.377 e. The minimum absolute atomic E-state index is 0.0809. The second-order valence-electron chi connectivity index (χ2n) is 2.96. The number of aryl methyl sites for hydroxylation is 1. The first-order valence-corrected chi connectivity index (χ1v) is 7.61. The summed E-state index contributed by atoms with van der Waals surface area (Å²) in [4.78, 5) is -0.741. The van der Waals surface area contributed by atoms with Gasteiger partial charge in [0.1, 0.15) is 10.6 Å². The van der Waals surface area contributed by atoms with E-state index in [1.165, 1.54) is 6.92 Å². The quantitative estimate of drug-likeness (QED) is 0.618.